The molecule has 0 radical (unpaired) electrons. The van der Waals surface area contributed by atoms with E-state index in [4.69, 9.17) is 0 Å². The van der Waals surface area contributed by atoms with Crippen LogP contribution >= 0.6 is 0 Å². The fourth-order valence-corrected chi connectivity index (χ4v) is 1.44. The van der Waals surface area contributed by atoms with Crippen molar-refractivity contribution in [2.75, 3.05) is 0 Å². The molecule has 2 N–H and O–H groups in total. The number of rotatable bonds is 2. The Bertz CT molecular complexity index is 570. The lowest BCUT2D eigenvalue weighted by molar-refractivity contribution is -0.137. The molecule has 90 valence electrons. The SMILES string of the molecule is O=c1[nH]nc(Cc2cccc(C(F)(F)F)c2)[nH]1. The molecule has 1 heterocycles. The first kappa shape index (κ1) is 11.4. The minimum atomic E-state index is -4.37. The van der Waals surface area contributed by atoms with Gasteiger partial charge in [0.15, 0.2) is 0 Å². The van der Waals surface area contributed by atoms with Crippen LogP contribution in [0.4, 0.5) is 13.2 Å². The predicted octanol–water partition coefficient (Wildman–Crippen LogP) is 1.71. The van der Waals surface area contributed by atoms with Crippen molar-refractivity contribution in [1.82, 2.24) is 15.2 Å². The van der Waals surface area contributed by atoms with Crippen molar-refractivity contribution < 1.29 is 13.2 Å². The van der Waals surface area contributed by atoms with E-state index in [1.165, 1.54) is 6.07 Å². The summed E-state index contributed by atoms with van der Waals surface area (Å²) in [7, 11) is 0. The average Bonchev–Trinajstić information content (AvgIpc) is 2.63. The van der Waals surface area contributed by atoms with Crippen LogP contribution in [0.3, 0.4) is 0 Å². The van der Waals surface area contributed by atoms with Gasteiger partial charge >= 0.3 is 11.9 Å². The van der Waals surface area contributed by atoms with E-state index in [0.717, 1.165) is 12.1 Å². The second-order valence-electron chi connectivity index (χ2n) is 3.50. The highest BCUT2D eigenvalue weighted by Gasteiger charge is 2.30. The summed E-state index contributed by atoms with van der Waals surface area (Å²) >= 11 is 0. The number of aromatic amines is 2. The molecule has 0 saturated heterocycles. The lowest BCUT2D eigenvalue weighted by Crippen LogP contribution is -2.05. The second kappa shape index (κ2) is 4.08. The van der Waals surface area contributed by atoms with Gasteiger partial charge in [0.1, 0.15) is 5.82 Å². The monoisotopic (exact) mass is 243 g/mol. The number of alkyl halides is 3. The van der Waals surface area contributed by atoms with Crippen LogP contribution in [-0.4, -0.2) is 15.2 Å². The molecule has 1 aromatic carbocycles. The van der Waals surface area contributed by atoms with Crippen molar-refractivity contribution >= 4 is 0 Å². The number of aromatic nitrogens is 3. The summed E-state index contributed by atoms with van der Waals surface area (Å²) in [6.45, 7) is 0. The molecule has 0 amide bonds. The van der Waals surface area contributed by atoms with Gasteiger partial charge in [-0.25, -0.2) is 9.89 Å². The van der Waals surface area contributed by atoms with Crippen LogP contribution < -0.4 is 5.69 Å². The predicted molar refractivity (Wildman–Crippen MR) is 53.5 cm³/mol. The maximum absolute atomic E-state index is 12.4. The van der Waals surface area contributed by atoms with Gasteiger partial charge in [0.25, 0.3) is 0 Å². The Morgan fingerprint density at radius 2 is 2.06 bits per heavy atom. The van der Waals surface area contributed by atoms with E-state index in [-0.39, 0.29) is 6.42 Å². The molecule has 0 unspecified atom stereocenters. The van der Waals surface area contributed by atoms with Crippen LogP contribution in [0.1, 0.15) is 17.0 Å². The zero-order valence-electron chi connectivity index (χ0n) is 8.51. The molecular formula is C10H8F3N3O. The zero-order valence-corrected chi connectivity index (χ0v) is 8.51. The van der Waals surface area contributed by atoms with Crippen LogP contribution in [0, 0.1) is 0 Å². The third-order valence-electron chi connectivity index (χ3n) is 2.18. The first-order chi connectivity index (χ1) is 7.95. The van der Waals surface area contributed by atoms with Crippen LogP contribution in [0.2, 0.25) is 0 Å². The van der Waals surface area contributed by atoms with Gasteiger partial charge in [-0.2, -0.15) is 18.3 Å². The van der Waals surface area contributed by atoms with E-state index in [9.17, 15) is 18.0 Å². The smallest absolute Gasteiger partial charge is 0.293 e. The zero-order chi connectivity index (χ0) is 12.5. The van der Waals surface area contributed by atoms with Gasteiger partial charge in [0, 0.05) is 6.42 Å². The Morgan fingerprint density at radius 1 is 1.29 bits per heavy atom. The summed E-state index contributed by atoms with van der Waals surface area (Å²) in [4.78, 5) is 13.1. The Labute approximate surface area is 93.5 Å². The van der Waals surface area contributed by atoms with E-state index in [1.807, 2.05) is 0 Å². The fraction of sp³-hybridized carbons (Fsp3) is 0.200. The maximum atomic E-state index is 12.4. The van der Waals surface area contributed by atoms with Crippen LogP contribution in [-0.2, 0) is 12.6 Å². The Morgan fingerprint density at radius 3 is 2.65 bits per heavy atom. The van der Waals surface area contributed by atoms with Crippen molar-refractivity contribution in [2.24, 2.45) is 0 Å². The molecular weight excluding hydrogens is 235 g/mol. The van der Waals surface area contributed by atoms with E-state index in [2.05, 4.69) is 15.2 Å². The van der Waals surface area contributed by atoms with E-state index >= 15 is 0 Å². The summed E-state index contributed by atoms with van der Waals surface area (Å²) < 4.78 is 37.3. The van der Waals surface area contributed by atoms with Gasteiger partial charge < -0.3 is 0 Å². The summed E-state index contributed by atoms with van der Waals surface area (Å²) in [6, 6.07) is 4.90. The number of hydrogen-bond acceptors (Lipinski definition) is 2. The lowest BCUT2D eigenvalue weighted by atomic mass is 10.1. The van der Waals surface area contributed by atoms with E-state index in [1.54, 1.807) is 6.07 Å². The minimum Gasteiger partial charge on any atom is -0.293 e. The largest absolute Gasteiger partial charge is 0.416 e. The topological polar surface area (TPSA) is 61.5 Å². The Kier molecular flexibility index (Phi) is 2.74. The van der Waals surface area contributed by atoms with Crippen molar-refractivity contribution in [2.45, 2.75) is 12.6 Å². The molecule has 0 aliphatic carbocycles. The number of H-pyrrole nitrogens is 2. The number of nitrogens with one attached hydrogen (secondary N) is 2. The fourth-order valence-electron chi connectivity index (χ4n) is 1.44. The molecule has 4 nitrogen and oxygen atoms in total. The Hall–Kier alpha value is -2.05. The summed E-state index contributed by atoms with van der Waals surface area (Å²) in [5, 5.41) is 5.78. The Balaban J connectivity index is 2.25. The molecule has 2 aromatic rings. The molecule has 0 atom stereocenters. The summed E-state index contributed by atoms with van der Waals surface area (Å²) in [6.07, 6.45) is -4.22. The number of nitrogens with zero attached hydrogens (tertiary/aromatic N) is 1. The van der Waals surface area contributed by atoms with Crippen molar-refractivity contribution in [3.05, 3.63) is 51.7 Å². The molecule has 0 aliphatic rings. The normalized spacial score (nSPS) is 11.7. The molecule has 0 saturated carbocycles. The molecule has 17 heavy (non-hydrogen) atoms. The molecule has 1 aromatic heterocycles. The average molecular weight is 243 g/mol. The molecule has 0 aliphatic heterocycles. The van der Waals surface area contributed by atoms with Crippen LogP contribution in [0.5, 0.6) is 0 Å². The lowest BCUT2D eigenvalue weighted by Gasteiger charge is -2.07. The maximum Gasteiger partial charge on any atom is 0.416 e. The first-order valence-corrected chi connectivity index (χ1v) is 4.75. The van der Waals surface area contributed by atoms with Crippen LogP contribution in [0.25, 0.3) is 0 Å². The second-order valence-corrected chi connectivity index (χ2v) is 3.50. The molecule has 0 spiro atoms. The third-order valence-corrected chi connectivity index (χ3v) is 2.18. The summed E-state index contributed by atoms with van der Waals surface area (Å²) in [5.41, 5.74) is -0.762. The van der Waals surface area contributed by atoms with Gasteiger partial charge in [-0.15, -0.1) is 0 Å². The number of halogens is 3. The van der Waals surface area contributed by atoms with E-state index < -0.39 is 17.4 Å². The number of benzene rings is 1. The third kappa shape index (κ3) is 2.74. The van der Waals surface area contributed by atoms with Gasteiger partial charge in [-0.05, 0) is 11.6 Å². The number of hydrogen-bond donors (Lipinski definition) is 2. The van der Waals surface area contributed by atoms with Gasteiger partial charge in [-0.3, -0.25) is 4.98 Å². The quantitative estimate of drug-likeness (QED) is 0.843. The van der Waals surface area contributed by atoms with Gasteiger partial charge in [0.2, 0.25) is 0 Å². The standard InChI is InChI=1S/C10H8F3N3O/c11-10(12,13)7-3-1-2-6(4-7)5-8-14-9(17)16-15-8/h1-4H,5H2,(H2,14,15,16,17). The van der Waals surface area contributed by atoms with Crippen LogP contribution in [0.15, 0.2) is 29.1 Å². The molecule has 2 rings (SSSR count). The molecule has 0 bridgehead atoms. The molecule has 0 fully saturated rings. The summed E-state index contributed by atoms with van der Waals surface area (Å²) in [5.74, 6) is 0.300. The highest BCUT2D eigenvalue weighted by atomic mass is 19.4. The highest BCUT2D eigenvalue weighted by molar-refractivity contribution is 5.27. The van der Waals surface area contributed by atoms with Gasteiger partial charge in [-0.1, -0.05) is 18.2 Å². The minimum absolute atomic E-state index is 0.142. The van der Waals surface area contributed by atoms with Crippen molar-refractivity contribution in [3.8, 4) is 0 Å². The van der Waals surface area contributed by atoms with Gasteiger partial charge in [0.05, 0.1) is 5.56 Å². The van der Waals surface area contributed by atoms with Crippen molar-refractivity contribution in [3.63, 3.8) is 0 Å². The van der Waals surface area contributed by atoms with Crippen molar-refractivity contribution in [1.29, 1.82) is 0 Å². The molecule has 7 heteroatoms. The van der Waals surface area contributed by atoms with E-state index in [0.29, 0.717) is 11.4 Å². The first-order valence-electron chi connectivity index (χ1n) is 4.75. The highest BCUT2D eigenvalue weighted by Crippen LogP contribution is 2.29.